The number of hydrogen-bond acceptors (Lipinski definition) is 4. The van der Waals surface area contributed by atoms with Crippen LogP contribution in [0.15, 0.2) is 18.3 Å². The molecule has 0 radical (unpaired) electrons. The Morgan fingerprint density at radius 3 is 2.39 bits per heavy atom. The predicted molar refractivity (Wildman–Crippen MR) is 87.8 cm³/mol. The number of aromatic nitrogens is 1. The molecular weight excluding hydrogens is 387 g/mol. The molecule has 1 N–H and O–H groups in total. The van der Waals surface area contributed by atoms with Gasteiger partial charge in [0, 0.05) is 19.3 Å². The van der Waals surface area contributed by atoms with Gasteiger partial charge in [-0.15, -0.1) is 0 Å². The van der Waals surface area contributed by atoms with Crippen LogP contribution in [0.25, 0.3) is 0 Å². The minimum atomic E-state index is -4.81. The minimum absolute atomic E-state index is 0.00321. The molecular formula is C18H21F5N2O3. The van der Waals surface area contributed by atoms with Gasteiger partial charge in [-0.05, 0) is 48.6 Å². The van der Waals surface area contributed by atoms with Gasteiger partial charge < -0.3 is 14.7 Å². The number of likely N-dealkylation sites (tertiary alicyclic amines) is 1. The lowest BCUT2D eigenvalue weighted by Crippen LogP contribution is -2.50. The Morgan fingerprint density at radius 2 is 1.93 bits per heavy atom. The summed E-state index contributed by atoms with van der Waals surface area (Å²) < 4.78 is 67.3. The quantitative estimate of drug-likeness (QED) is 0.764. The van der Waals surface area contributed by atoms with Crippen molar-refractivity contribution in [2.75, 3.05) is 19.7 Å². The molecule has 0 aromatic carbocycles. The van der Waals surface area contributed by atoms with E-state index in [9.17, 15) is 26.7 Å². The van der Waals surface area contributed by atoms with Crippen molar-refractivity contribution in [1.29, 1.82) is 0 Å². The monoisotopic (exact) mass is 408 g/mol. The van der Waals surface area contributed by atoms with Crippen molar-refractivity contribution in [3.8, 4) is 0 Å². The zero-order valence-corrected chi connectivity index (χ0v) is 15.0. The van der Waals surface area contributed by atoms with E-state index in [1.807, 2.05) is 0 Å². The molecule has 1 aromatic heterocycles. The van der Waals surface area contributed by atoms with Gasteiger partial charge in [0.05, 0.1) is 6.61 Å². The number of pyridine rings is 1. The Balaban J connectivity index is 1.49. The lowest BCUT2D eigenvalue weighted by Gasteiger charge is -2.52. The maximum atomic E-state index is 12.6. The van der Waals surface area contributed by atoms with E-state index in [0.717, 1.165) is 18.4 Å². The second-order valence-corrected chi connectivity index (χ2v) is 7.51. The van der Waals surface area contributed by atoms with Gasteiger partial charge in [0.25, 0.3) is 6.43 Å². The normalized spacial score (nSPS) is 20.9. The number of hydrogen-bond donors (Lipinski definition) is 1. The first-order valence-electron chi connectivity index (χ1n) is 9.01. The van der Waals surface area contributed by atoms with Gasteiger partial charge in [-0.25, -0.2) is 13.6 Å². The van der Waals surface area contributed by atoms with Crippen LogP contribution in [0.4, 0.5) is 26.7 Å². The van der Waals surface area contributed by atoms with Crippen LogP contribution in [0.5, 0.6) is 0 Å². The summed E-state index contributed by atoms with van der Waals surface area (Å²) in [6.07, 6.45) is -6.61. The lowest BCUT2D eigenvalue weighted by atomic mass is 9.56. The highest BCUT2D eigenvalue weighted by Gasteiger charge is 2.48. The number of aliphatic hydroxyl groups is 1. The van der Waals surface area contributed by atoms with E-state index in [-0.39, 0.29) is 30.1 Å². The van der Waals surface area contributed by atoms with E-state index in [2.05, 4.69) is 9.72 Å². The van der Waals surface area contributed by atoms with Crippen molar-refractivity contribution in [2.24, 2.45) is 5.41 Å². The van der Waals surface area contributed by atoms with Gasteiger partial charge in [-0.2, -0.15) is 13.2 Å². The van der Waals surface area contributed by atoms with Crippen molar-refractivity contribution in [1.82, 2.24) is 9.88 Å². The number of ether oxygens (including phenoxy) is 1. The van der Waals surface area contributed by atoms with Crippen molar-refractivity contribution in [3.05, 3.63) is 29.6 Å². The summed E-state index contributed by atoms with van der Waals surface area (Å²) in [5, 5.41) is 8.76. The lowest BCUT2D eigenvalue weighted by molar-refractivity contribution is -0.215. The molecule has 3 rings (SSSR count). The molecule has 1 atom stereocenters. The molecule has 0 bridgehead atoms. The number of halogens is 5. The first kappa shape index (κ1) is 20.8. The molecule has 10 heteroatoms. The van der Waals surface area contributed by atoms with E-state index in [4.69, 9.17) is 5.11 Å². The number of rotatable bonds is 4. The molecule has 5 nitrogen and oxygen atoms in total. The fraction of sp³-hybridized carbons (Fsp3) is 0.667. The highest BCUT2D eigenvalue weighted by molar-refractivity contribution is 5.68. The Kier molecular flexibility index (Phi) is 5.79. The Labute approximate surface area is 158 Å². The third-order valence-corrected chi connectivity index (χ3v) is 5.72. The van der Waals surface area contributed by atoms with Crippen LogP contribution in [-0.2, 0) is 4.74 Å². The second kappa shape index (κ2) is 7.81. The maximum Gasteiger partial charge on any atom is 0.427 e. The largest absolute Gasteiger partial charge is 0.434 e. The third kappa shape index (κ3) is 4.37. The van der Waals surface area contributed by atoms with Crippen LogP contribution < -0.4 is 0 Å². The molecule has 1 saturated carbocycles. The van der Waals surface area contributed by atoms with Crippen molar-refractivity contribution in [2.45, 2.75) is 50.3 Å². The number of nitrogens with zero attached hydrogens (tertiary/aromatic N) is 2. The Hall–Kier alpha value is -1.97. The number of amides is 1. The SMILES string of the molecule is O=C(O[C@H](CO)C(F)(F)F)N1CCC2(CC1)CC(c1ccc(C(F)F)nc1)C2. The standard InChI is InChI=1S/C18H21F5N2O3/c19-15(20)13-2-1-11(9-24-13)12-7-17(8-12)3-5-25(6-4-17)16(27)28-14(10-26)18(21,22)23/h1-2,9,12,14-15,26H,3-8,10H2/t14-/m1/s1. The molecule has 1 saturated heterocycles. The van der Waals surface area contributed by atoms with Crippen LogP contribution in [0.1, 0.15) is 49.3 Å². The average molecular weight is 408 g/mol. The van der Waals surface area contributed by atoms with Crippen LogP contribution in [-0.4, -0.2) is 53.1 Å². The number of carbonyl (C=O) groups is 1. The molecule has 1 amide bonds. The van der Waals surface area contributed by atoms with E-state index < -0.39 is 31.4 Å². The van der Waals surface area contributed by atoms with E-state index in [1.165, 1.54) is 17.2 Å². The number of piperidine rings is 1. The van der Waals surface area contributed by atoms with Gasteiger partial charge in [0.15, 0.2) is 0 Å². The Bertz CT molecular complexity index is 679. The fourth-order valence-corrected chi connectivity index (χ4v) is 3.98. The summed E-state index contributed by atoms with van der Waals surface area (Å²) in [6.45, 7) is -0.749. The molecule has 1 spiro atoms. The van der Waals surface area contributed by atoms with Crippen LogP contribution in [0.3, 0.4) is 0 Å². The maximum absolute atomic E-state index is 12.6. The summed E-state index contributed by atoms with van der Waals surface area (Å²) >= 11 is 0. The van der Waals surface area contributed by atoms with E-state index in [0.29, 0.717) is 12.8 Å². The molecule has 156 valence electrons. The number of aliphatic hydroxyl groups excluding tert-OH is 1. The second-order valence-electron chi connectivity index (χ2n) is 7.51. The van der Waals surface area contributed by atoms with E-state index in [1.54, 1.807) is 6.07 Å². The Morgan fingerprint density at radius 1 is 1.29 bits per heavy atom. The smallest absolute Gasteiger partial charge is 0.427 e. The number of carbonyl (C=O) groups excluding carboxylic acids is 1. The zero-order valence-electron chi connectivity index (χ0n) is 15.0. The molecule has 1 aliphatic carbocycles. The first-order valence-corrected chi connectivity index (χ1v) is 9.01. The molecule has 1 aromatic rings. The van der Waals surface area contributed by atoms with Gasteiger partial charge in [0.2, 0.25) is 6.10 Å². The van der Waals surface area contributed by atoms with Gasteiger partial charge in [-0.3, -0.25) is 4.98 Å². The predicted octanol–water partition coefficient (Wildman–Crippen LogP) is 4.04. The number of alkyl halides is 5. The topological polar surface area (TPSA) is 62.7 Å². The van der Waals surface area contributed by atoms with Crippen molar-refractivity contribution >= 4 is 6.09 Å². The molecule has 2 heterocycles. The molecule has 2 fully saturated rings. The van der Waals surface area contributed by atoms with Gasteiger partial charge >= 0.3 is 12.3 Å². The average Bonchev–Trinajstić information content (AvgIpc) is 2.63. The summed E-state index contributed by atoms with van der Waals surface area (Å²) in [5.41, 5.74) is 0.640. The highest BCUT2D eigenvalue weighted by atomic mass is 19.4. The fourth-order valence-electron chi connectivity index (χ4n) is 3.98. The summed E-state index contributed by atoms with van der Waals surface area (Å²) in [6, 6.07) is 2.98. The van der Waals surface area contributed by atoms with Crippen molar-refractivity contribution < 1.29 is 36.6 Å². The van der Waals surface area contributed by atoms with Crippen LogP contribution >= 0.6 is 0 Å². The van der Waals surface area contributed by atoms with Crippen LogP contribution in [0.2, 0.25) is 0 Å². The molecule has 0 unspecified atom stereocenters. The third-order valence-electron chi connectivity index (χ3n) is 5.72. The molecule has 28 heavy (non-hydrogen) atoms. The first-order chi connectivity index (χ1) is 13.1. The van der Waals surface area contributed by atoms with Gasteiger partial charge in [0.1, 0.15) is 5.69 Å². The van der Waals surface area contributed by atoms with Crippen LogP contribution in [0, 0.1) is 5.41 Å². The zero-order chi connectivity index (χ0) is 20.5. The van der Waals surface area contributed by atoms with Gasteiger partial charge in [-0.1, -0.05) is 6.07 Å². The minimum Gasteiger partial charge on any atom is -0.434 e. The van der Waals surface area contributed by atoms with Crippen molar-refractivity contribution in [3.63, 3.8) is 0 Å². The summed E-state index contributed by atoms with van der Waals surface area (Å²) in [5.74, 6) is 0.210. The molecule has 1 aliphatic heterocycles. The summed E-state index contributed by atoms with van der Waals surface area (Å²) in [4.78, 5) is 16.9. The summed E-state index contributed by atoms with van der Waals surface area (Å²) in [7, 11) is 0. The highest BCUT2D eigenvalue weighted by Crippen LogP contribution is 2.56. The van der Waals surface area contributed by atoms with E-state index >= 15 is 0 Å². The molecule has 2 aliphatic rings.